The predicted molar refractivity (Wildman–Crippen MR) is 79.0 cm³/mol. The van der Waals surface area contributed by atoms with Crippen molar-refractivity contribution in [2.24, 2.45) is 11.7 Å². The summed E-state index contributed by atoms with van der Waals surface area (Å²) in [6.45, 7) is 1.51. The highest BCUT2D eigenvalue weighted by atomic mass is 35.5. The maximum Gasteiger partial charge on any atom is 0.243 e. The first-order valence-electron chi connectivity index (χ1n) is 7.12. The molecule has 1 atom stereocenters. The van der Waals surface area contributed by atoms with E-state index in [0.29, 0.717) is 29.1 Å². The summed E-state index contributed by atoms with van der Waals surface area (Å²) in [5.74, 6) is 1.52. The van der Waals surface area contributed by atoms with Gasteiger partial charge in [0.05, 0.1) is 6.04 Å². The monoisotopic (exact) mass is 307 g/mol. The average molecular weight is 308 g/mol. The lowest BCUT2D eigenvalue weighted by molar-refractivity contribution is 0.0546. The second-order valence-corrected chi connectivity index (χ2v) is 5.76. The van der Waals surface area contributed by atoms with E-state index in [4.69, 9.17) is 26.6 Å². The van der Waals surface area contributed by atoms with Crippen molar-refractivity contribution in [1.82, 2.24) is 10.1 Å². The van der Waals surface area contributed by atoms with Crippen molar-refractivity contribution in [3.8, 4) is 0 Å². The number of hydrogen-bond acceptors (Lipinski definition) is 5. The Kier molecular flexibility index (Phi) is 4.53. The summed E-state index contributed by atoms with van der Waals surface area (Å²) in [5, 5.41) is 4.74. The topological polar surface area (TPSA) is 74.2 Å². The SMILES string of the molecule is NC(c1nc(Cc2ccc(Cl)cc2)no1)C1CCOCC1. The molecule has 0 bridgehead atoms. The molecule has 1 aliphatic rings. The summed E-state index contributed by atoms with van der Waals surface area (Å²) in [4.78, 5) is 4.43. The van der Waals surface area contributed by atoms with Gasteiger partial charge in [-0.2, -0.15) is 4.98 Å². The maximum atomic E-state index is 6.23. The van der Waals surface area contributed by atoms with Crippen LogP contribution < -0.4 is 5.73 Å². The molecule has 5 nitrogen and oxygen atoms in total. The first-order chi connectivity index (χ1) is 10.2. The van der Waals surface area contributed by atoms with E-state index in [2.05, 4.69) is 10.1 Å². The van der Waals surface area contributed by atoms with Crippen LogP contribution in [0.1, 0.15) is 36.2 Å². The average Bonchev–Trinajstić information content (AvgIpc) is 2.98. The molecule has 1 aliphatic heterocycles. The lowest BCUT2D eigenvalue weighted by atomic mass is 9.92. The van der Waals surface area contributed by atoms with Crippen LogP contribution in [0.15, 0.2) is 28.8 Å². The molecule has 1 aromatic carbocycles. The Bertz CT molecular complexity index is 579. The Morgan fingerprint density at radius 1 is 1.24 bits per heavy atom. The van der Waals surface area contributed by atoms with Crippen LogP contribution in [-0.4, -0.2) is 23.4 Å². The molecule has 112 valence electrons. The molecule has 6 heteroatoms. The lowest BCUT2D eigenvalue weighted by Crippen LogP contribution is -2.27. The Morgan fingerprint density at radius 3 is 2.67 bits per heavy atom. The number of aromatic nitrogens is 2. The van der Waals surface area contributed by atoms with E-state index in [-0.39, 0.29) is 6.04 Å². The molecule has 0 saturated carbocycles. The highest BCUT2D eigenvalue weighted by Crippen LogP contribution is 2.27. The van der Waals surface area contributed by atoms with Gasteiger partial charge in [0.25, 0.3) is 0 Å². The standard InChI is InChI=1S/C15H18ClN3O2/c16-12-3-1-10(2-4-12)9-13-18-15(21-19-13)14(17)11-5-7-20-8-6-11/h1-4,11,14H,5-9,17H2. The third-order valence-electron chi connectivity index (χ3n) is 3.82. The van der Waals surface area contributed by atoms with Gasteiger partial charge < -0.3 is 15.0 Å². The van der Waals surface area contributed by atoms with Crippen LogP contribution in [0.2, 0.25) is 5.02 Å². The van der Waals surface area contributed by atoms with Crippen LogP contribution in [0, 0.1) is 5.92 Å². The Hall–Kier alpha value is -1.43. The number of benzene rings is 1. The van der Waals surface area contributed by atoms with Gasteiger partial charge in [-0.15, -0.1) is 0 Å². The van der Waals surface area contributed by atoms with Crippen LogP contribution in [0.4, 0.5) is 0 Å². The molecule has 2 aromatic rings. The summed E-state index contributed by atoms with van der Waals surface area (Å²) in [5.41, 5.74) is 7.32. The normalized spacial score (nSPS) is 17.8. The van der Waals surface area contributed by atoms with Crippen molar-refractivity contribution < 1.29 is 9.26 Å². The predicted octanol–water partition coefficient (Wildman–Crippen LogP) is 2.74. The molecular formula is C15H18ClN3O2. The molecule has 2 N–H and O–H groups in total. The van der Waals surface area contributed by atoms with Crippen molar-refractivity contribution in [2.75, 3.05) is 13.2 Å². The van der Waals surface area contributed by atoms with E-state index >= 15 is 0 Å². The number of nitrogens with zero attached hydrogens (tertiary/aromatic N) is 2. The first kappa shape index (κ1) is 14.5. The van der Waals surface area contributed by atoms with Crippen LogP contribution in [0.3, 0.4) is 0 Å². The van der Waals surface area contributed by atoms with Gasteiger partial charge in [0, 0.05) is 24.7 Å². The van der Waals surface area contributed by atoms with Gasteiger partial charge in [-0.25, -0.2) is 0 Å². The minimum atomic E-state index is -0.208. The van der Waals surface area contributed by atoms with Crippen LogP contribution in [0.5, 0.6) is 0 Å². The molecular weight excluding hydrogens is 290 g/mol. The third kappa shape index (κ3) is 3.61. The zero-order valence-electron chi connectivity index (χ0n) is 11.7. The zero-order chi connectivity index (χ0) is 14.7. The van der Waals surface area contributed by atoms with Crippen LogP contribution in [0.25, 0.3) is 0 Å². The third-order valence-corrected chi connectivity index (χ3v) is 4.07. The summed E-state index contributed by atoms with van der Waals surface area (Å²) >= 11 is 5.87. The number of halogens is 1. The molecule has 1 unspecified atom stereocenters. The highest BCUT2D eigenvalue weighted by Gasteiger charge is 2.26. The van der Waals surface area contributed by atoms with Gasteiger partial charge in [-0.1, -0.05) is 28.9 Å². The number of ether oxygens (including phenoxy) is 1. The van der Waals surface area contributed by atoms with Crippen molar-refractivity contribution in [1.29, 1.82) is 0 Å². The molecule has 2 heterocycles. The fourth-order valence-corrected chi connectivity index (χ4v) is 2.66. The van der Waals surface area contributed by atoms with Crippen LogP contribution >= 0.6 is 11.6 Å². The van der Waals surface area contributed by atoms with Gasteiger partial charge in [-0.3, -0.25) is 0 Å². The van der Waals surface area contributed by atoms with Crippen molar-refractivity contribution >= 4 is 11.6 Å². The zero-order valence-corrected chi connectivity index (χ0v) is 12.4. The van der Waals surface area contributed by atoms with Gasteiger partial charge >= 0.3 is 0 Å². The molecule has 1 aromatic heterocycles. The largest absolute Gasteiger partial charge is 0.381 e. The molecule has 1 fully saturated rings. The van der Waals surface area contributed by atoms with Crippen molar-refractivity contribution in [3.63, 3.8) is 0 Å². The summed E-state index contributed by atoms with van der Waals surface area (Å²) < 4.78 is 10.7. The van der Waals surface area contributed by atoms with Gasteiger partial charge in [0.1, 0.15) is 0 Å². The Labute approximate surface area is 128 Å². The molecule has 0 aliphatic carbocycles. The van der Waals surface area contributed by atoms with Crippen LogP contribution in [-0.2, 0) is 11.2 Å². The van der Waals surface area contributed by atoms with Crippen molar-refractivity contribution in [3.05, 3.63) is 46.6 Å². The van der Waals surface area contributed by atoms with E-state index in [1.807, 2.05) is 24.3 Å². The van der Waals surface area contributed by atoms with E-state index in [0.717, 1.165) is 31.6 Å². The van der Waals surface area contributed by atoms with Gasteiger partial charge in [0.15, 0.2) is 5.82 Å². The summed E-state index contributed by atoms with van der Waals surface area (Å²) in [7, 11) is 0. The van der Waals surface area contributed by atoms with E-state index in [1.54, 1.807) is 0 Å². The number of hydrogen-bond donors (Lipinski definition) is 1. The Balaban J connectivity index is 1.66. The molecule has 21 heavy (non-hydrogen) atoms. The lowest BCUT2D eigenvalue weighted by Gasteiger charge is -2.25. The Morgan fingerprint density at radius 2 is 1.95 bits per heavy atom. The van der Waals surface area contributed by atoms with Gasteiger partial charge in [-0.05, 0) is 36.5 Å². The second-order valence-electron chi connectivity index (χ2n) is 5.33. The highest BCUT2D eigenvalue weighted by molar-refractivity contribution is 6.30. The number of nitrogens with two attached hydrogens (primary N) is 1. The quantitative estimate of drug-likeness (QED) is 0.940. The van der Waals surface area contributed by atoms with E-state index < -0.39 is 0 Å². The maximum absolute atomic E-state index is 6.23. The molecule has 0 spiro atoms. The molecule has 1 saturated heterocycles. The van der Waals surface area contributed by atoms with E-state index in [1.165, 1.54) is 0 Å². The minimum absolute atomic E-state index is 0.208. The molecule has 0 amide bonds. The minimum Gasteiger partial charge on any atom is -0.381 e. The summed E-state index contributed by atoms with van der Waals surface area (Å²) in [6.07, 6.45) is 2.49. The van der Waals surface area contributed by atoms with E-state index in [9.17, 15) is 0 Å². The molecule has 3 rings (SSSR count). The summed E-state index contributed by atoms with van der Waals surface area (Å²) in [6, 6.07) is 7.41. The second kappa shape index (κ2) is 6.56. The molecule has 0 radical (unpaired) electrons. The first-order valence-corrected chi connectivity index (χ1v) is 7.50. The number of rotatable bonds is 4. The van der Waals surface area contributed by atoms with Gasteiger partial charge in [0.2, 0.25) is 5.89 Å². The van der Waals surface area contributed by atoms with Crippen molar-refractivity contribution in [2.45, 2.75) is 25.3 Å². The fourth-order valence-electron chi connectivity index (χ4n) is 2.54. The fraction of sp³-hybridized carbons (Fsp3) is 0.467. The smallest absolute Gasteiger partial charge is 0.243 e.